The first kappa shape index (κ1) is 18.4. The van der Waals surface area contributed by atoms with Crippen molar-refractivity contribution in [2.24, 2.45) is 5.73 Å². The quantitative estimate of drug-likeness (QED) is 0.713. The van der Waals surface area contributed by atoms with Gasteiger partial charge in [0, 0.05) is 31.8 Å². The van der Waals surface area contributed by atoms with Crippen LogP contribution < -0.4 is 11.1 Å². The molecule has 0 aliphatic carbocycles. The van der Waals surface area contributed by atoms with E-state index in [2.05, 4.69) is 17.1 Å². The highest BCUT2D eigenvalue weighted by molar-refractivity contribution is 5.84. The predicted molar refractivity (Wildman–Crippen MR) is 86.2 cm³/mol. The molecular formula is C16H33N3O2. The molecule has 1 heterocycles. The molecule has 124 valence electrons. The molecule has 1 saturated heterocycles. The molecule has 3 N–H and O–H groups in total. The number of hydrogen-bond donors (Lipinski definition) is 2. The fourth-order valence-electron chi connectivity index (χ4n) is 3.31. The highest BCUT2D eigenvalue weighted by Crippen LogP contribution is 2.22. The highest BCUT2D eigenvalue weighted by Gasteiger charge is 2.35. The van der Waals surface area contributed by atoms with Gasteiger partial charge in [-0.3, -0.25) is 4.79 Å². The van der Waals surface area contributed by atoms with Crippen molar-refractivity contribution in [1.82, 2.24) is 10.2 Å². The average Bonchev–Trinajstić information content (AvgIpc) is 2.38. The van der Waals surface area contributed by atoms with E-state index in [1.165, 1.54) is 0 Å². The molecule has 0 spiro atoms. The van der Waals surface area contributed by atoms with E-state index in [1.807, 2.05) is 27.7 Å². The van der Waals surface area contributed by atoms with Gasteiger partial charge >= 0.3 is 0 Å². The lowest BCUT2D eigenvalue weighted by Gasteiger charge is -2.40. The number of likely N-dealkylation sites (tertiary alicyclic amines) is 1. The number of carbonyl (C=O) groups is 1. The number of ether oxygens (including phenoxy) is 1. The lowest BCUT2D eigenvalue weighted by Crippen LogP contribution is -2.58. The number of nitrogens with zero attached hydrogens (tertiary/aromatic N) is 1. The first-order valence-electron chi connectivity index (χ1n) is 8.21. The molecule has 0 aromatic carbocycles. The first-order valence-corrected chi connectivity index (χ1v) is 8.21. The van der Waals surface area contributed by atoms with Crippen LogP contribution >= 0.6 is 0 Å². The Kier molecular flexibility index (Phi) is 7.10. The Morgan fingerprint density at radius 3 is 2.38 bits per heavy atom. The highest BCUT2D eigenvalue weighted by atomic mass is 16.5. The molecule has 0 aromatic heterocycles. The maximum atomic E-state index is 11.8. The smallest absolute Gasteiger partial charge is 0.237 e. The minimum Gasteiger partial charge on any atom is -0.378 e. The van der Waals surface area contributed by atoms with E-state index < -0.39 is 5.54 Å². The lowest BCUT2D eigenvalue weighted by atomic mass is 9.90. The molecular weight excluding hydrogens is 266 g/mol. The summed E-state index contributed by atoms with van der Waals surface area (Å²) in [5.74, 6) is -0.271. The van der Waals surface area contributed by atoms with Crippen molar-refractivity contribution < 1.29 is 9.53 Å². The number of nitrogens with two attached hydrogens (primary N) is 1. The van der Waals surface area contributed by atoms with Crippen molar-refractivity contribution in [2.45, 2.75) is 77.6 Å². The topological polar surface area (TPSA) is 67.6 Å². The Labute approximate surface area is 129 Å². The number of carbonyl (C=O) groups excluding carboxylic acids is 1. The van der Waals surface area contributed by atoms with E-state index in [-0.39, 0.29) is 11.9 Å². The van der Waals surface area contributed by atoms with Crippen molar-refractivity contribution in [2.75, 3.05) is 19.7 Å². The number of primary amides is 1. The largest absolute Gasteiger partial charge is 0.378 e. The van der Waals surface area contributed by atoms with Gasteiger partial charge in [-0.05, 0) is 53.9 Å². The van der Waals surface area contributed by atoms with Crippen molar-refractivity contribution >= 4 is 5.91 Å². The molecule has 0 radical (unpaired) electrons. The standard InChI is InChI=1S/C16H33N3O2/c1-6-21-14-7-9-19(10-8-14)13(4)11-16(5,15(17)20)18-12(2)3/h12-14,18H,6-11H2,1-5H3,(H2,17,20). The Bertz CT molecular complexity index is 327. The lowest BCUT2D eigenvalue weighted by molar-refractivity contribution is -0.125. The second-order valence-electron chi connectivity index (χ2n) is 6.74. The molecule has 0 saturated carbocycles. The van der Waals surface area contributed by atoms with Crippen molar-refractivity contribution in [3.63, 3.8) is 0 Å². The minimum absolute atomic E-state index is 0.235. The molecule has 5 heteroatoms. The third-order valence-electron chi connectivity index (χ3n) is 4.36. The van der Waals surface area contributed by atoms with E-state index in [1.54, 1.807) is 0 Å². The fraction of sp³-hybridized carbons (Fsp3) is 0.938. The van der Waals surface area contributed by atoms with Crippen LogP contribution in [0.2, 0.25) is 0 Å². The predicted octanol–water partition coefficient (Wildman–Crippen LogP) is 1.51. The fourth-order valence-corrected chi connectivity index (χ4v) is 3.31. The van der Waals surface area contributed by atoms with Gasteiger partial charge in [-0.25, -0.2) is 0 Å². The first-order chi connectivity index (χ1) is 9.78. The Morgan fingerprint density at radius 1 is 1.38 bits per heavy atom. The average molecular weight is 299 g/mol. The molecule has 1 rings (SSSR count). The van der Waals surface area contributed by atoms with Crippen LogP contribution in [0.3, 0.4) is 0 Å². The number of amides is 1. The number of nitrogens with one attached hydrogen (secondary N) is 1. The summed E-state index contributed by atoms with van der Waals surface area (Å²) in [4.78, 5) is 14.3. The van der Waals surface area contributed by atoms with E-state index in [4.69, 9.17) is 10.5 Å². The summed E-state index contributed by atoms with van der Waals surface area (Å²) in [6, 6.07) is 0.565. The van der Waals surface area contributed by atoms with E-state index >= 15 is 0 Å². The van der Waals surface area contributed by atoms with Gasteiger partial charge in [-0.15, -0.1) is 0 Å². The maximum absolute atomic E-state index is 11.8. The summed E-state index contributed by atoms with van der Waals surface area (Å²) in [6.45, 7) is 13.1. The van der Waals surface area contributed by atoms with Crippen LogP contribution in [-0.2, 0) is 9.53 Å². The Morgan fingerprint density at radius 2 is 1.95 bits per heavy atom. The van der Waals surface area contributed by atoms with Crippen LogP contribution in [0.25, 0.3) is 0 Å². The van der Waals surface area contributed by atoms with Crippen LogP contribution in [-0.4, -0.2) is 54.2 Å². The zero-order chi connectivity index (χ0) is 16.0. The SMILES string of the molecule is CCOC1CCN(C(C)CC(C)(NC(C)C)C(N)=O)CC1. The number of piperidine rings is 1. The van der Waals surface area contributed by atoms with Gasteiger partial charge in [0.25, 0.3) is 0 Å². The van der Waals surface area contributed by atoms with Crippen molar-refractivity contribution in [1.29, 1.82) is 0 Å². The molecule has 1 aliphatic rings. The second kappa shape index (κ2) is 8.11. The molecule has 2 unspecified atom stereocenters. The zero-order valence-electron chi connectivity index (χ0n) is 14.3. The summed E-state index contributed by atoms with van der Waals surface area (Å²) in [7, 11) is 0. The van der Waals surface area contributed by atoms with Crippen molar-refractivity contribution in [3.8, 4) is 0 Å². The molecule has 5 nitrogen and oxygen atoms in total. The van der Waals surface area contributed by atoms with Crippen LogP contribution in [0.1, 0.15) is 53.9 Å². The molecule has 2 atom stereocenters. The minimum atomic E-state index is -0.648. The third-order valence-corrected chi connectivity index (χ3v) is 4.36. The van der Waals surface area contributed by atoms with Crippen molar-refractivity contribution in [3.05, 3.63) is 0 Å². The van der Waals surface area contributed by atoms with Crippen LogP contribution in [0.5, 0.6) is 0 Å². The summed E-state index contributed by atoms with van der Waals surface area (Å²) in [5.41, 5.74) is 4.97. The van der Waals surface area contributed by atoms with Crippen LogP contribution in [0.4, 0.5) is 0 Å². The van der Waals surface area contributed by atoms with Crippen LogP contribution in [0.15, 0.2) is 0 Å². The third kappa shape index (κ3) is 5.57. The Balaban J connectivity index is 2.55. The second-order valence-corrected chi connectivity index (χ2v) is 6.74. The van der Waals surface area contributed by atoms with Gasteiger partial charge in [0.2, 0.25) is 5.91 Å². The zero-order valence-corrected chi connectivity index (χ0v) is 14.3. The monoisotopic (exact) mass is 299 g/mol. The summed E-state index contributed by atoms with van der Waals surface area (Å²) in [6.07, 6.45) is 3.28. The van der Waals surface area contributed by atoms with E-state index in [0.717, 1.165) is 39.0 Å². The van der Waals surface area contributed by atoms with Gasteiger partial charge in [-0.2, -0.15) is 0 Å². The van der Waals surface area contributed by atoms with Gasteiger partial charge < -0.3 is 20.7 Å². The molecule has 1 amide bonds. The number of hydrogen-bond acceptors (Lipinski definition) is 4. The van der Waals surface area contributed by atoms with Gasteiger partial charge in [0.15, 0.2) is 0 Å². The van der Waals surface area contributed by atoms with E-state index in [9.17, 15) is 4.79 Å². The van der Waals surface area contributed by atoms with Gasteiger partial charge in [0.05, 0.1) is 11.6 Å². The normalized spacial score (nSPS) is 22.2. The van der Waals surface area contributed by atoms with Gasteiger partial charge in [-0.1, -0.05) is 0 Å². The summed E-state index contributed by atoms with van der Waals surface area (Å²) >= 11 is 0. The molecule has 1 aliphatic heterocycles. The molecule has 1 fully saturated rings. The van der Waals surface area contributed by atoms with Crippen LogP contribution in [0, 0.1) is 0 Å². The van der Waals surface area contributed by atoms with Gasteiger partial charge in [0.1, 0.15) is 0 Å². The number of rotatable bonds is 8. The molecule has 0 bridgehead atoms. The maximum Gasteiger partial charge on any atom is 0.237 e. The Hall–Kier alpha value is -0.650. The molecule has 21 heavy (non-hydrogen) atoms. The summed E-state index contributed by atoms with van der Waals surface area (Å²) in [5, 5.41) is 3.33. The molecule has 0 aromatic rings. The van der Waals surface area contributed by atoms with E-state index in [0.29, 0.717) is 12.1 Å². The summed E-state index contributed by atoms with van der Waals surface area (Å²) < 4.78 is 5.69.